The standard InChI is InChI=1S/C19H22N4O5/c1-5-27-17(24)20-11-7-9-13-16-14(23(4)19(26)22(13)3)10-8-12(15(11)16)21-18(25)28-6-2/h7-10H,5-6H2,1-4H3,(H,20,24)(H,21,25). The molecule has 0 saturated heterocycles. The second-order valence-corrected chi connectivity index (χ2v) is 6.11. The molecule has 3 rings (SSSR count). The lowest BCUT2D eigenvalue weighted by Gasteiger charge is -2.33. The molecule has 1 aliphatic heterocycles. The Balaban J connectivity index is 2.23. The van der Waals surface area contributed by atoms with E-state index in [0.29, 0.717) is 33.5 Å². The largest absolute Gasteiger partial charge is 0.450 e. The number of nitrogens with one attached hydrogen (secondary N) is 2. The van der Waals surface area contributed by atoms with Crippen LogP contribution in [-0.2, 0) is 9.47 Å². The number of carbonyl (C=O) groups excluding carboxylic acids is 3. The molecule has 28 heavy (non-hydrogen) atoms. The number of amides is 4. The molecular formula is C19H22N4O5. The Bertz CT molecular complexity index is 888. The number of anilines is 4. The highest BCUT2D eigenvalue weighted by Gasteiger charge is 2.29. The van der Waals surface area contributed by atoms with E-state index in [-0.39, 0.29) is 19.2 Å². The maximum absolute atomic E-state index is 12.5. The van der Waals surface area contributed by atoms with Gasteiger partial charge in [-0.05, 0) is 38.1 Å². The monoisotopic (exact) mass is 386 g/mol. The van der Waals surface area contributed by atoms with Crippen molar-refractivity contribution in [1.29, 1.82) is 0 Å². The predicted octanol–water partition coefficient (Wildman–Crippen LogP) is 3.98. The molecule has 9 nitrogen and oxygen atoms in total. The smallest absolute Gasteiger partial charge is 0.411 e. The highest BCUT2D eigenvalue weighted by atomic mass is 16.6. The number of nitrogens with zero attached hydrogens (tertiary/aromatic N) is 2. The molecule has 0 bridgehead atoms. The Morgan fingerprint density at radius 1 is 0.821 bits per heavy atom. The molecule has 0 saturated carbocycles. The molecule has 148 valence electrons. The van der Waals surface area contributed by atoms with Gasteiger partial charge in [0.1, 0.15) is 0 Å². The summed E-state index contributed by atoms with van der Waals surface area (Å²) in [6, 6.07) is 6.64. The molecule has 0 radical (unpaired) electrons. The predicted molar refractivity (Wildman–Crippen MR) is 107 cm³/mol. The second-order valence-electron chi connectivity index (χ2n) is 6.11. The molecule has 2 N–H and O–H groups in total. The summed E-state index contributed by atoms with van der Waals surface area (Å²) < 4.78 is 9.95. The summed E-state index contributed by atoms with van der Waals surface area (Å²) in [5.74, 6) is 0. The van der Waals surface area contributed by atoms with Crippen LogP contribution >= 0.6 is 0 Å². The summed E-state index contributed by atoms with van der Waals surface area (Å²) >= 11 is 0. The molecule has 0 aliphatic carbocycles. The summed E-state index contributed by atoms with van der Waals surface area (Å²) in [5, 5.41) is 6.69. The van der Waals surface area contributed by atoms with E-state index in [2.05, 4.69) is 10.6 Å². The average molecular weight is 386 g/mol. The lowest BCUT2D eigenvalue weighted by atomic mass is 10.00. The molecule has 0 aromatic heterocycles. The fourth-order valence-corrected chi connectivity index (χ4v) is 3.21. The van der Waals surface area contributed by atoms with Gasteiger partial charge in [0.2, 0.25) is 0 Å². The number of carbonyl (C=O) groups is 3. The fraction of sp³-hybridized carbons (Fsp3) is 0.316. The third-order valence-electron chi connectivity index (χ3n) is 4.44. The van der Waals surface area contributed by atoms with Crippen LogP contribution in [0.1, 0.15) is 13.8 Å². The fourth-order valence-electron chi connectivity index (χ4n) is 3.21. The van der Waals surface area contributed by atoms with Crippen LogP contribution in [0.5, 0.6) is 0 Å². The zero-order chi connectivity index (χ0) is 20.4. The molecule has 0 unspecified atom stereocenters. The van der Waals surface area contributed by atoms with Crippen molar-refractivity contribution in [2.24, 2.45) is 0 Å². The van der Waals surface area contributed by atoms with Crippen molar-refractivity contribution in [3.05, 3.63) is 24.3 Å². The van der Waals surface area contributed by atoms with E-state index in [0.717, 1.165) is 0 Å². The number of rotatable bonds is 4. The first kappa shape index (κ1) is 19.3. The summed E-state index contributed by atoms with van der Waals surface area (Å²) in [5.41, 5.74) is 2.22. The minimum absolute atomic E-state index is 0.189. The Morgan fingerprint density at radius 2 is 1.25 bits per heavy atom. The van der Waals surface area contributed by atoms with Gasteiger partial charge in [-0.15, -0.1) is 0 Å². The summed E-state index contributed by atoms with van der Waals surface area (Å²) in [6.45, 7) is 3.86. The van der Waals surface area contributed by atoms with E-state index < -0.39 is 12.2 Å². The van der Waals surface area contributed by atoms with Crippen LogP contribution in [0, 0.1) is 0 Å². The quantitative estimate of drug-likeness (QED) is 0.828. The van der Waals surface area contributed by atoms with Gasteiger partial charge in [-0.3, -0.25) is 20.4 Å². The number of ether oxygens (including phenoxy) is 2. The molecular weight excluding hydrogens is 364 g/mol. The number of benzene rings is 2. The molecule has 4 amide bonds. The number of hydrogen-bond acceptors (Lipinski definition) is 5. The lowest BCUT2D eigenvalue weighted by molar-refractivity contribution is 0.167. The van der Waals surface area contributed by atoms with Crippen molar-refractivity contribution in [3.8, 4) is 0 Å². The van der Waals surface area contributed by atoms with Gasteiger partial charge in [0, 0.05) is 24.9 Å². The second kappa shape index (κ2) is 7.63. The Kier molecular flexibility index (Phi) is 5.25. The van der Waals surface area contributed by atoms with Crippen LogP contribution in [0.4, 0.5) is 37.1 Å². The van der Waals surface area contributed by atoms with E-state index in [1.165, 1.54) is 9.80 Å². The van der Waals surface area contributed by atoms with Crippen LogP contribution < -0.4 is 20.4 Å². The van der Waals surface area contributed by atoms with E-state index >= 15 is 0 Å². The maximum Gasteiger partial charge on any atom is 0.411 e. The highest BCUT2D eigenvalue weighted by molar-refractivity contribution is 6.25. The molecule has 0 atom stereocenters. The molecule has 9 heteroatoms. The SMILES string of the molecule is CCOC(=O)Nc1ccc2c3c(ccc(NC(=O)OCC)c13)N(C)C(=O)N2C. The molecule has 1 heterocycles. The van der Waals surface area contributed by atoms with Crippen molar-refractivity contribution in [2.45, 2.75) is 13.8 Å². The van der Waals surface area contributed by atoms with E-state index in [1.807, 2.05) is 0 Å². The van der Waals surface area contributed by atoms with Crippen molar-refractivity contribution < 1.29 is 23.9 Å². The Morgan fingerprint density at radius 3 is 1.64 bits per heavy atom. The molecule has 2 aromatic rings. The highest BCUT2D eigenvalue weighted by Crippen LogP contribution is 2.45. The van der Waals surface area contributed by atoms with Crippen molar-refractivity contribution in [1.82, 2.24) is 0 Å². The number of urea groups is 1. The normalized spacial score (nSPS) is 12.8. The van der Waals surface area contributed by atoms with Crippen molar-refractivity contribution in [2.75, 3.05) is 47.7 Å². The van der Waals surface area contributed by atoms with Gasteiger partial charge in [0.25, 0.3) is 0 Å². The minimum Gasteiger partial charge on any atom is -0.450 e. The van der Waals surface area contributed by atoms with Gasteiger partial charge in [0.15, 0.2) is 0 Å². The number of hydrogen-bond donors (Lipinski definition) is 2. The minimum atomic E-state index is -0.612. The van der Waals surface area contributed by atoms with Gasteiger partial charge in [-0.2, -0.15) is 0 Å². The Hall–Kier alpha value is -3.49. The summed E-state index contributed by atoms with van der Waals surface area (Å²) in [7, 11) is 3.33. The summed E-state index contributed by atoms with van der Waals surface area (Å²) in [4.78, 5) is 39.5. The zero-order valence-corrected chi connectivity index (χ0v) is 16.2. The zero-order valence-electron chi connectivity index (χ0n) is 16.2. The topological polar surface area (TPSA) is 100 Å². The van der Waals surface area contributed by atoms with Crippen LogP contribution in [-0.4, -0.2) is 45.5 Å². The molecule has 2 aromatic carbocycles. The van der Waals surface area contributed by atoms with Crippen LogP contribution in [0.15, 0.2) is 24.3 Å². The van der Waals surface area contributed by atoms with Gasteiger partial charge in [0.05, 0.1) is 36.0 Å². The van der Waals surface area contributed by atoms with E-state index in [4.69, 9.17) is 9.47 Å². The first-order valence-electron chi connectivity index (χ1n) is 8.87. The third kappa shape index (κ3) is 3.26. The first-order chi connectivity index (χ1) is 13.4. The van der Waals surface area contributed by atoms with E-state index in [9.17, 15) is 14.4 Å². The van der Waals surface area contributed by atoms with Gasteiger partial charge < -0.3 is 9.47 Å². The summed E-state index contributed by atoms with van der Waals surface area (Å²) in [6.07, 6.45) is -1.22. The maximum atomic E-state index is 12.5. The van der Waals surface area contributed by atoms with Crippen LogP contribution in [0.25, 0.3) is 10.8 Å². The Labute approximate surface area is 162 Å². The van der Waals surface area contributed by atoms with Crippen LogP contribution in [0.2, 0.25) is 0 Å². The van der Waals surface area contributed by atoms with Gasteiger partial charge >= 0.3 is 18.2 Å². The van der Waals surface area contributed by atoms with Crippen LogP contribution in [0.3, 0.4) is 0 Å². The lowest BCUT2D eigenvalue weighted by Crippen LogP contribution is -2.41. The average Bonchev–Trinajstić information content (AvgIpc) is 2.66. The van der Waals surface area contributed by atoms with Gasteiger partial charge in [-0.1, -0.05) is 0 Å². The van der Waals surface area contributed by atoms with Crippen molar-refractivity contribution in [3.63, 3.8) is 0 Å². The van der Waals surface area contributed by atoms with Crippen molar-refractivity contribution >= 4 is 51.7 Å². The third-order valence-corrected chi connectivity index (χ3v) is 4.44. The molecule has 0 fully saturated rings. The first-order valence-corrected chi connectivity index (χ1v) is 8.87. The van der Waals surface area contributed by atoms with Gasteiger partial charge in [-0.25, -0.2) is 14.4 Å². The molecule has 1 aliphatic rings. The molecule has 0 spiro atoms. The van der Waals surface area contributed by atoms with E-state index in [1.54, 1.807) is 52.2 Å².